The molecule has 4 heteroatoms. The van der Waals surface area contributed by atoms with Crippen LogP contribution in [-0.4, -0.2) is 0 Å². The number of nitriles is 2. The van der Waals surface area contributed by atoms with Crippen molar-refractivity contribution in [3.63, 3.8) is 0 Å². The van der Waals surface area contributed by atoms with Gasteiger partial charge >= 0.3 is 5.82 Å². The number of aryl methyl sites for hydroxylation is 2. The van der Waals surface area contributed by atoms with E-state index in [2.05, 4.69) is 9.69 Å². The van der Waals surface area contributed by atoms with E-state index in [0.29, 0.717) is 21.6 Å². The quantitative estimate of drug-likeness (QED) is 0.635. The monoisotopic (exact) mass is 232 g/mol. The molecule has 0 aliphatic rings. The number of nitrogens with zero attached hydrogens (tertiary/aromatic N) is 4. The van der Waals surface area contributed by atoms with Crippen LogP contribution in [0.15, 0.2) is 12.1 Å². The van der Waals surface area contributed by atoms with Crippen molar-refractivity contribution in [2.24, 2.45) is 0 Å². The second-order valence-electron chi connectivity index (χ2n) is 3.63. The third kappa shape index (κ3) is 2.19. The van der Waals surface area contributed by atoms with Gasteiger partial charge in [-0.2, -0.15) is 20.2 Å². The van der Waals surface area contributed by atoms with Crippen molar-refractivity contribution in [3.8, 4) is 12.1 Å². The van der Waals surface area contributed by atoms with E-state index < -0.39 is 0 Å². The molecule has 0 radical (unpaired) electrons. The van der Waals surface area contributed by atoms with Gasteiger partial charge in [0, 0.05) is 5.22 Å². The van der Waals surface area contributed by atoms with Crippen LogP contribution in [0.3, 0.4) is 0 Å². The minimum absolute atomic E-state index is 0.00221. The molecular weight excluding hydrogens is 224 g/mol. The molecule has 0 spiro atoms. The van der Waals surface area contributed by atoms with Gasteiger partial charge in [-0.25, -0.2) is 0 Å². The molecule has 0 saturated heterocycles. The number of hydrogen-bond donors (Lipinski definition) is 0. The number of benzene rings is 1. The Labute approximate surface area is 105 Å². The summed E-state index contributed by atoms with van der Waals surface area (Å²) in [6.45, 7) is 17.4. The lowest BCUT2D eigenvalue weighted by Gasteiger charge is -1.98. The minimum Gasteiger partial charge on any atom is -0.192 e. The Morgan fingerprint density at radius 2 is 1.44 bits per heavy atom. The Morgan fingerprint density at radius 1 is 1.00 bits per heavy atom. The molecule has 0 heterocycles. The van der Waals surface area contributed by atoms with Gasteiger partial charge in [-0.3, -0.25) is 0 Å². The first kappa shape index (κ1) is 13.0. The normalized spacial score (nSPS) is 8.33. The SMILES string of the molecule is [C-]#[N+]C([N+]#[C-])=c1cc(C)c(=C(C#N)C#N)cc1C. The Bertz CT molecular complexity index is 685. The highest BCUT2D eigenvalue weighted by Crippen LogP contribution is 2.00. The van der Waals surface area contributed by atoms with Crippen LogP contribution in [-0.2, 0) is 0 Å². The zero-order valence-corrected chi connectivity index (χ0v) is 9.94. The van der Waals surface area contributed by atoms with Gasteiger partial charge < -0.3 is 0 Å². The largest absolute Gasteiger partial charge is 0.526 e. The Morgan fingerprint density at radius 3 is 1.89 bits per heavy atom. The van der Waals surface area contributed by atoms with Gasteiger partial charge in [0.1, 0.15) is 30.9 Å². The van der Waals surface area contributed by atoms with Crippen LogP contribution in [0.25, 0.3) is 21.1 Å². The van der Waals surface area contributed by atoms with Gasteiger partial charge in [-0.05, 0) is 25.0 Å². The van der Waals surface area contributed by atoms with Crippen molar-refractivity contribution in [1.82, 2.24) is 0 Å². The highest BCUT2D eigenvalue weighted by Gasteiger charge is 2.09. The highest BCUT2D eigenvalue weighted by molar-refractivity contribution is 5.73. The molecule has 1 aromatic carbocycles. The molecule has 4 nitrogen and oxygen atoms in total. The third-order valence-corrected chi connectivity index (χ3v) is 2.52. The van der Waals surface area contributed by atoms with E-state index in [9.17, 15) is 0 Å². The summed E-state index contributed by atoms with van der Waals surface area (Å²) in [5, 5.41) is 18.8. The predicted molar refractivity (Wildman–Crippen MR) is 66.4 cm³/mol. The molecule has 0 N–H and O–H groups in total. The first-order chi connectivity index (χ1) is 8.58. The van der Waals surface area contributed by atoms with E-state index in [1.807, 2.05) is 12.1 Å². The van der Waals surface area contributed by atoms with Gasteiger partial charge in [0.15, 0.2) is 0 Å². The average molecular weight is 232 g/mol. The minimum atomic E-state index is -0.00221. The van der Waals surface area contributed by atoms with Crippen LogP contribution in [0.4, 0.5) is 0 Å². The second kappa shape index (κ2) is 5.31. The van der Waals surface area contributed by atoms with E-state index in [1.165, 1.54) is 0 Å². The molecule has 0 aliphatic carbocycles. The molecule has 1 rings (SSSR count). The standard InChI is InChI=1S/C14H8N4/c1-9-6-13(14(17-3)18-4)10(2)5-12(9)11(7-15)8-16/h5-6H,1-2H3. The third-order valence-electron chi connectivity index (χ3n) is 2.52. The van der Waals surface area contributed by atoms with Gasteiger partial charge in [0.25, 0.3) is 0 Å². The molecule has 0 atom stereocenters. The molecule has 0 fully saturated rings. The lowest BCUT2D eigenvalue weighted by molar-refractivity contribution is 1.30. The average Bonchev–Trinajstić information content (AvgIpc) is 2.37. The summed E-state index contributed by atoms with van der Waals surface area (Å²) in [5.74, 6) is -0.00221. The Kier molecular flexibility index (Phi) is 3.83. The predicted octanol–water partition coefficient (Wildman–Crippen LogP) is 1.41. The maximum atomic E-state index is 8.85. The van der Waals surface area contributed by atoms with Gasteiger partial charge in [-0.15, -0.1) is 0 Å². The fraction of sp³-hybridized carbons (Fsp3) is 0.143. The van der Waals surface area contributed by atoms with Gasteiger partial charge in [-0.1, -0.05) is 12.1 Å². The van der Waals surface area contributed by atoms with Crippen molar-refractivity contribution >= 4 is 11.4 Å². The van der Waals surface area contributed by atoms with Crippen molar-refractivity contribution in [2.75, 3.05) is 0 Å². The van der Waals surface area contributed by atoms with Crippen molar-refractivity contribution in [3.05, 3.63) is 56.5 Å². The molecular formula is C14H8N4. The summed E-state index contributed by atoms with van der Waals surface area (Å²) >= 11 is 0. The van der Waals surface area contributed by atoms with Crippen molar-refractivity contribution in [2.45, 2.75) is 13.8 Å². The fourth-order valence-electron chi connectivity index (χ4n) is 1.62. The maximum Gasteiger partial charge on any atom is 0.526 e. The van der Waals surface area contributed by atoms with Crippen molar-refractivity contribution in [1.29, 1.82) is 10.5 Å². The summed E-state index contributed by atoms with van der Waals surface area (Å²) in [5.41, 5.74) is 1.45. The van der Waals surface area contributed by atoms with Crippen LogP contribution in [0.2, 0.25) is 0 Å². The summed E-state index contributed by atoms with van der Waals surface area (Å²) in [4.78, 5) is 6.34. The summed E-state index contributed by atoms with van der Waals surface area (Å²) in [6, 6.07) is 7.02. The molecule has 0 amide bonds. The number of hydrogen-bond acceptors (Lipinski definition) is 2. The van der Waals surface area contributed by atoms with Crippen LogP contribution in [0.5, 0.6) is 0 Å². The lowest BCUT2D eigenvalue weighted by atomic mass is 10.0. The smallest absolute Gasteiger partial charge is 0.192 e. The van der Waals surface area contributed by atoms with E-state index in [4.69, 9.17) is 23.7 Å². The molecule has 1 aromatic rings. The molecule has 18 heavy (non-hydrogen) atoms. The lowest BCUT2D eigenvalue weighted by Crippen LogP contribution is -2.19. The molecule has 0 bridgehead atoms. The van der Waals surface area contributed by atoms with E-state index in [1.54, 1.807) is 26.0 Å². The summed E-state index contributed by atoms with van der Waals surface area (Å²) in [7, 11) is 0. The maximum absolute atomic E-state index is 8.85. The summed E-state index contributed by atoms with van der Waals surface area (Å²) in [6.07, 6.45) is 0. The van der Waals surface area contributed by atoms with Crippen LogP contribution < -0.4 is 10.4 Å². The molecule has 84 valence electrons. The second-order valence-corrected chi connectivity index (χ2v) is 3.63. The summed E-state index contributed by atoms with van der Waals surface area (Å²) < 4.78 is 0. The number of rotatable bonds is 0. The molecule has 0 unspecified atom stereocenters. The zero-order valence-electron chi connectivity index (χ0n) is 9.94. The Hall–Kier alpha value is -3.08. The molecule has 0 saturated carbocycles. The topological polar surface area (TPSA) is 56.3 Å². The van der Waals surface area contributed by atoms with E-state index in [-0.39, 0.29) is 11.4 Å². The zero-order chi connectivity index (χ0) is 13.7. The fourth-order valence-corrected chi connectivity index (χ4v) is 1.62. The molecule has 0 aliphatic heterocycles. The van der Waals surface area contributed by atoms with Crippen LogP contribution >= 0.6 is 0 Å². The highest BCUT2D eigenvalue weighted by atomic mass is 14.9. The van der Waals surface area contributed by atoms with Crippen LogP contribution in [0.1, 0.15) is 11.1 Å². The van der Waals surface area contributed by atoms with Gasteiger partial charge in [0.2, 0.25) is 0 Å². The van der Waals surface area contributed by atoms with E-state index in [0.717, 1.165) is 0 Å². The molecule has 0 aromatic heterocycles. The van der Waals surface area contributed by atoms with E-state index >= 15 is 0 Å². The Balaban J connectivity index is 3.96. The first-order valence-corrected chi connectivity index (χ1v) is 5.00. The van der Waals surface area contributed by atoms with Crippen molar-refractivity contribution < 1.29 is 0 Å². The van der Waals surface area contributed by atoms with Gasteiger partial charge in [0.05, 0.1) is 5.22 Å². The first-order valence-electron chi connectivity index (χ1n) is 5.00. The van der Waals surface area contributed by atoms with Crippen LogP contribution in [0, 0.1) is 49.7 Å².